The first-order valence-corrected chi connectivity index (χ1v) is 24.2. The number of aliphatic hydroxyl groups is 1. The molecule has 4 aliphatic rings. The number of H-pyrrole nitrogens is 2. The number of nitrogens with zero attached hydrogens (tertiary/aromatic N) is 4. The topological polar surface area (TPSA) is 178 Å². The third kappa shape index (κ3) is 8.46. The number of carbonyl (C=O) groups excluding carboxylic acids is 3. The van der Waals surface area contributed by atoms with Gasteiger partial charge >= 0.3 is 12.2 Å². The van der Waals surface area contributed by atoms with Gasteiger partial charge in [-0.05, 0) is 120 Å². The summed E-state index contributed by atoms with van der Waals surface area (Å²) in [6.07, 6.45) is 11.2. The van der Waals surface area contributed by atoms with Crippen molar-refractivity contribution in [2.24, 2.45) is 11.8 Å². The van der Waals surface area contributed by atoms with Gasteiger partial charge in [0.2, 0.25) is 5.91 Å². The fourth-order valence-corrected chi connectivity index (χ4v) is 11.7. The van der Waals surface area contributed by atoms with Crippen molar-refractivity contribution in [1.82, 2.24) is 40.4 Å². The summed E-state index contributed by atoms with van der Waals surface area (Å²) in [6, 6.07) is 18.6. The molecule has 0 bridgehead atoms. The number of aliphatic hydroxyl groups excluding tert-OH is 1. The smallest absolute Gasteiger partial charge is 0.407 e. The van der Waals surface area contributed by atoms with Gasteiger partial charge in [0.25, 0.3) is 0 Å². The highest BCUT2D eigenvalue weighted by atomic mass is 16.5. The summed E-state index contributed by atoms with van der Waals surface area (Å²) in [4.78, 5) is 59.1. The average Bonchev–Trinajstić information content (AvgIpc) is 4.21. The van der Waals surface area contributed by atoms with Crippen LogP contribution in [0.15, 0.2) is 60.8 Å². The minimum absolute atomic E-state index is 0.0449. The maximum Gasteiger partial charge on any atom is 0.407 e. The van der Waals surface area contributed by atoms with Gasteiger partial charge in [-0.2, -0.15) is 0 Å². The molecule has 5 aromatic rings. The molecule has 0 radical (unpaired) electrons. The first-order valence-electron chi connectivity index (χ1n) is 24.2. The van der Waals surface area contributed by atoms with E-state index in [9.17, 15) is 19.5 Å². The standard InChI is InChI=1S/C52H66N8O6/c1-7-31(4)45(58-51(64)66-6)49(62)60-27-11-13-42(60)47-54-38-21-18-34(28-39(38)55-47)35-19-20-36(43-37(35)22-25-52(43)23-8-9-24-52)32-14-16-33(17-15-32)40-29-53-46(56-40)41-12-10-26-59(41)48(61)44(30(2)3)57-50(63)65-5/h14-21,28-31,41-42,44-45,49,62H,7-13,22-27H2,1-6H3,(H,53,56)(H,54,55)(H,57,63)(H,58,64)/t31?,41-,42-,44-,45-,49?/m0/s1. The van der Waals surface area contributed by atoms with Crippen molar-refractivity contribution in [2.75, 3.05) is 27.3 Å². The maximum absolute atomic E-state index is 13.7. The predicted molar refractivity (Wildman–Crippen MR) is 254 cm³/mol. The fraction of sp³-hybridized carbons (Fsp3) is 0.519. The molecule has 5 N–H and O–H groups in total. The summed E-state index contributed by atoms with van der Waals surface area (Å²) in [5.74, 6) is 1.40. The van der Waals surface area contributed by atoms with Crippen LogP contribution in [0.5, 0.6) is 0 Å². The van der Waals surface area contributed by atoms with E-state index in [0.29, 0.717) is 13.1 Å². The number of aromatic amines is 2. The van der Waals surface area contributed by atoms with E-state index >= 15 is 0 Å². The van der Waals surface area contributed by atoms with Crippen LogP contribution in [0.3, 0.4) is 0 Å². The molecular formula is C52H66N8O6. The predicted octanol–water partition coefficient (Wildman–Crippen LogP) is 9.32. The number of nitrogens with one attached hydrogen (secondary N) is 4. The lowest BCUT2D eigenvalue weighted by molar-refractivity contribution is -0.135. The van der Waals surface area contributed by atoms with Crippen molar-refractivity contribution < 1.29 is 29.0 Å². The molecule has 4 heterocycles. The van der Waals surface area contributed by atoms with Crippen molar-refractivity contribution in [1.29, 1.82) is 0 Å². The van der Waals surface area contributed by atoms with Crippen LogP contribution in [0.1, 0.15) is 127 Å². The summed E-state index contributed by atoms with van der Waals surface area (Å²) in [5.41, 5.74) is 11.9. The van der Waals surface area contributed by atoms with E-state index in [2.05, 4.69) is 87.0 Å². The zero-order valence-electron chi connectivity index (χ0n) is 39.3. The number of benzene rings is 3. The number of amides is 3. The number of methoxy groups -OCH3 is 2. The van der Waals surface area contributed by atoms with Crippen LogP contribution >= 0.6 is 0 Å². The van der Waals surface area contributed by atoms with Gasteiger partial charge in [0.1, 0.15) is 23.9 Å². The number of ether oxygens (including phenoxy) is 2. The van der Waals surface area contributed by atoms with Gasteiger partial charge in [-0.25, -0.2) is 19.6 Å². The largest absolute Gasteiger partial charge is 0.453 e. The van der Waals surface area contributed by atoms with Crippen molar-refractivity contribution in [2.45, 2.75) is 134 Å². The summed E-state index contributed by atoms with van der Waals surface area (Å²) in [5, 5.41) is 17.3. The Bertz CT molecular complexity index is 2560. The summed E-state index contributed by atoms with van der Waals surface area (Å²) >= 11 is 0. The third-order valence-electron chi connectivity index (χ3n) is 15.4. The number of rotatable bonds is 13. The zero-order valence-corrected chi connectivity index (χ0v) is 39.3. The lowest BCUT2D eigenvalue weighted by Gasteiger charge is -2.36. The molecule has 3 fully saturated rings. The summed E-state index contributed by atoms with van der Waals surface area (Å²) < 4.78 is 9.72. The minimum Gasteiger partial charge on any atom is -0.453 e. The van der Waals surface area contributed by atoms with E-state index in [-0.39, 0.29) is 35.2 Å². The highest BCUT2D eigenvalue weighted by molar-refractivity contribution is 5.87. The third-order valence-corrected chi connectivity index (χ3v) is 15.4. The molecular weight excluding hydrogens is 833 g/mol. The van der Waals surface area contributed by atoms with E-state index in [1.54, 1.807) is 0 Å². The second kappa shape index (κ2) is 18.9. The van der Waals surface area contributed by atoms with E-state index in [1.165, 1.54) is 73.3 Å². The van der Waals surface area contributed by atoms with Gasteiger partial charge in [0, 0.05) is 13.1 Å². The molecule has 66 heavy (non-hydrogen) atoms. The van der Waals surface area contributed by atoms with E-state index in [4.69, 9.17) is 19.4 Å². The molecule has 2 aliphatic carbocycles. The molecule has 14 heteroatoms. The Morgan fingerprint density at radius 3 is 2.23 bits per heavy atom. The van der Waals surface area contributed by atoms with E-state index in [0.717, 1.165) is 78.9 Å². The van der Waals surface area contributed by atoms with Crippen LogP contribution in [0, 0.1) is 11.8 Å². The van der Waals surface area contributed by atoms with Crippen molar-refractivity contribution >= 4 is 29.1 Å². The molecule has 9 rings (SSSR count). The highest BCUT2D eigenvalue weighted by Crippen LogP contribution is 2.55. The Labute approximate surface area is 387 Å². The molecule has 6 atom stereocenters. The van der Waals surface area contributed by atoms with Gasteiger partial charge in [0.15, 0.2) is 0 Å². The van der Waals surface area contributed by atoms with Crippen LogP contribution in [0.4, 0.5) is 9.59 Å². The monoisotopic (exact) mass is 899 g/mol. The molecule has 2 saturated heterocycles. The number of aromatic nitrogens is 4. The lowest BCUT2D eigenvalue weighted by atomic mass is 9.76. The summed E-state index contributed by atoms with van der Waals surface area (Å²) in [6.45, 7) is 9.25. The average molecular weight is 899 g/mol. The second-order valence-electron chi connectivity index (χ2n) is 19.5. The molecule has 1 spiro atoms. The Morgan fingerprint density at radius 1 is 0.818 bits per heavy atom. The Hall–Kier alpha value is -5.73. The Balaban J connectivity index is 0.971. The minimum atomic E-state index is -0.886. The quantitative estimate of drug-likeness (QED) is 0.0771. The Morgan fingerprint density at radius 2 is 1.50 bits per heavy atom. The zero-order chi connectivity index (χ0) is 46.3. The van der Waals surface area contributed by atoms with Gasteiger partial charge in [-0.1, -0.05) is 89.4 Å². The molecule has 3 aromatic carbocycles. The van der Waals surface area contributed by atoms with Crippen molar-refractivity contribution in [3.05, 3.63) is 83.6 Å². The number of hydrogen-bond acceptors (Lipinski definition) is 9. The molecule has 2 aromatic heterocycles. The molecule has 2 aliphatic heterocycles. The van der Waals surface area contributed by atoms with Crippen LogP contribution in [-0.2, 0) is 26.1 Å². The Kier molecular flexibility index (Phi) is 13.0. The van der Waals surface area contributed by atoms with Crippen molar-refractivity contribution in [3.63, 3.8) is 0 Å². The van der Waals surface area contributed by atoms with Gasteiger partial charge < -0.3 is 40.1 Å². The normalized spacial score (nSPS) is 21.0. The van der Waals surface area contributed by atoms with E-state index in [1.807, 2.05) is 31.9 Å². The molecule has 3 amide bonds. The van der Waals surface area contributed by atoms with E-state index < -0.39 is 30.5 Å². The highest BCUT2D eigenvalue weighted by Gasteiger charge is 2.44. The van der Waals surface area contributed by atoms with Crippen LogP contribution in [0.25, 0.3) is 44.5 Å². The molecule has 14 nitrogen and oxygen atoms in total. The molecule has 2 unspecified atom stereocenters. The number of carbonyl (C=O) groups is 3. The molecule has 1 saturated carbocycles. The molecule has 350 valence electrons. The van der Waals surface area contributed by atoms with Gasteiger partial charge in [0.05, 0.1) is 55.3 Å². The number of imidazole rings is 2. The number of hydrogen-bond donors (Lipinski definition) is 5. The van der Waals surface area contributed by atoms with Gasteiger partial charge in [-0.15, -0.1) is 0 Å². The first-order chi connectivity index (χ1) is 31.9. The maximum atomic E-state index is 13.7. The van der Waals surface area contributed by atoms with Crippen LogP contribution in [0.2, 0.25) is 0 Å². The lowest BCUT2D eigenvalue weighted by Crippen LogP contribution is -2.54. The first kappa shape index (κ1) is 45.4. The van der Waals surface area contributed by atoms with Crippen LogP contribution < -0.4 is 10.6 Å². The number of likely N-dealkylation sites (tertiary alicyclic amines) is 2. The fourth-order valence-electron chi connectivity index (χ4n) is 11.7. The number of alkyl carbamates (subject to hydrolysis) is 2. The van der Waals surface area contributed by atoms with Gasteiger partial charge in [-0.3, -0.25) is 9.69 Å². The second-order valence-corrected chi connectivity index (χ2v) is 19.5. The SMILES string of the molecule is CCC(C)[C@H](NC(=O)OC)C(O)N1CCC[C@H]1c1nc2ccc(-c3ccc(-c4ccc(-c5cnc([C@@H]6CCCN6C(=O)[C@@H](NC(=O)OC)C(C)C)[nH]5)cc4)c4c3CCC43CCCC3)cc2[nH]1. The number of fused-ring (bicyclic) bond motifs is 3. The summed E-state index contributed by atoms with van der Waals surface area (Å²) in [7, 11) is 2.65. The van der Waals surface area contributed by atoms with Crippen LogP contribution in [-0.4, -0.2) is 98.6 Å². The van der Waals surface area contributed by atoms with Crippen molar-refractivity contribution in [3.8, 4) is 33.5 Å².